The lowest BCUT2D eigenvalue weighted by atomic mass is 9.81. The third-order valence-corrected chi connectivity index (χ3v) is 6.34. The van der Waals surface area contributed by atoms with Gasteiger partial charge in [0.05, 0.1) is 51.6 Å². The van der Waals surface area contributed by atoms with E-state index in [4.69, 9.17) is 23.4 Å². The predicted molar refractivity (Wildman–Crippen MR) is 115 cm³/mol. The first-order valence-electron chi connectivity index (χ1n) is 10.9. The van der Waals surface area contributed by atoms with Gasteiger partial charge in [-0.15, -0.1) is 0 Å². The summed E-state index contributed by atoms with van der Waals surface area (Å²) in [6, 6.07) is 6.37. The van der Waals surface area contributed by atoms with Crippen LogP contribution in [0.2, 0.25) is 0 Å². The summed E-state index contributed by atoms with van der Waals surface area (Å²) in [4.78, 5) is 28.5. The van der Waals surface area contributed by atoms with Crippen LogP contribution >= 0.6 is 0 Å². The van der Waals surface area contributed by atoms with Crippen LogP contribution in [0.25, 0.3) is 0 Å². The van der Waals surface area contributed by atoms with Crippen molar-refractivity contribution in [3.05, 3.63) is 47.4 Å². The molecule has 2 aromatic rings. The second kappa shape index (κ2) is 9.24. The number of rotatable bonds is 7. The van der Waals surface area contributed by atoms with E-state index >= 15 is 0 Å². The second-order valence-corrected chi connectivity index (χ2v) is 7.85. The Bertz CT molecular complexity index is 971. The van der Waals surface area contributed by atoms with Crippen molar-refractivity contribution in [2.45, 2.75) is 38.3 Å². The smallest absolute Gasteiger partial charge is 0.324 e. The molecule has 172 valence electrons. The van der Waals surface area contributed by atoms with Crippen molar-refractivity contribution in [1.29, 1.82) is 0 Å². The molecule has 0 radical (unpaired) electrons. The van der Waals surface area contributed by atoms with Gasteiger partial charge in [-0.05, 0) is 55.7 Å². The van der Waals surface area contributed by atoms with Crippen LogP contribution in [0.3, 0.4) is 0 Å². The summed E-state index contributed by atoms with van der Waals surface area (Å²) in [6.45, 7) is 4.64. The number of fused-ring (bicyclic) bond motifs is 3. The van der Waals surface area contributed by atoms with Gasteiger partial charge in [0.25, 0.3) is 0 Å². The van der Waals surface area contributed by atoms with Crippen molar-refractivity contribution >= 4 is 11.9 Å². The molecule has 8 nitrogen and oxygen atoms in total. The minimum atomic E-state index is -0.665. The molecule has 8 heteroatoms. The lowest BCUT2D eigenvalue weighted by molar-refractivity contribution is -0.149. The lowest BCUT2D eigenvalue weighted by Gasteiger charge is -2.36. The third kappa shape index (κ3) is 3.62. The van der Waals surface area contributed by atoms with E-state index in [0.717, 1.165) is 11.1 Å². The van der Waals surface area contributed by atoms with E-state index in [1.807, 2.05) is 12.1 Å². The average Bonchev–Trinajstić information content (AvgIpc) is 3.44. The molecule has 0 bridgehead atoms. The molecule has 3 heterocycles. The fourth-order valence-electron chi connectivity index (χ4n) is 5.14. The van der Waals surface area contributed by atoms with Crippen molar-refractivity contribution in [3.63, 3.8) is 0 Å². The second-order valence-electron chi connectivity index (χ2n) is 7.85. The molecule has 0 unspecified atom stereocenters. The summed E-state index contributed by atoms with van der Waals surface area (Å²) in [5.41, 5.74) is 1.98. The number of hydrogen-bond donors (Lipinski definition) is 0. The summed E-state index contributed by atoms with van der Waals surface area (Å²) >= 11 is 0. The van der Waals surface area contributed by atoms with Crippen molar-refractivity contribution in [3.8, 4) is 11.5 Å². The molecule has 1 aromatic heterocycles. The number of hydrogen-bond acceptors (Lipinski definition) is 8. The summed E-state index contributed by atoms with van der Waals surface area (Å²) < 4.78 is 27.7. The van der Waals surface area contributed by atoms with Crippen LogP contribution in [0.15, 0.2) is 34.9 Å². The highest BCUT2D eigenvalue weighted by atomic mass is 16.5. The molecular weight excluding hydrogens is 414 g/mol. The van der Waals surface area contributed by atoms with Gasteiger partial charge in [0.2, 0.25) is 0 Å². The molecule has 0 N–H and O–H groups in total. The minimum absolute atomic E-state index is 0.246. The number of carbonyl (C=O) groups excluding carboxylic acids is 2. The number of benzene rings is 1. The number of furan rings is 1. The molecule has 1 fully saturated rings. The normalized spacial score (nSPS) is 24.4. The molecule has 4 rings (SSSR count). The summed E-state index contributed by atoms with van der Waals surface area (Å²) in [5, 5.41) is 0. The van der Waals surface area contributed by atoms with Gasteiger partial charge in [-0.25, -0.2) is 0 Å². The van der Waals surface area contributed by atoms with Crippen LogP contribution in [-0.4, -0.2) is 56.9 Å². The van der Waals surface area contributed by atoms with E-state index in [1.54, 1.807) is 46.5 Å². The van der Waals surface area contributed by atoms with E-state index < -0.39 is 17.9 Å². The fraction of sp³-hybridized carbons (Fsp3) is 0.500. The van der Waals surface area contributed by atoms with Crippen LogP contribution in [0.1, 0.15) is 42.7 Å². The highest BCUT2D eigenvalue weighted by Gasteiger charge is 2.59. The zero-order chi connectivity index (χ0) is 22.8. The molecule has 0 amide bonds. The zero-order valence-electron chi connectivity index (χ0n) is 18.8. The molecule has 2 aliphatic heterocycles. The molecular formula is C24H29NO7. The molecule has 0 aliphatic carbocycles. The summed E-state index contributed by atoms with van der Waals surface area (Å²) in [5.74, 6) is -0.134. The Morgan fingerprint density at radius 1 is 1.06 bits per heavy atom. The van der Waals surface area contributed by atoms with Gasteiger partial charge < -0.3 is 23.4 Å². The van der Waals surface area contributed by atoms with Crippen LogP contribution in [0.5, 0.6) is 11.5 Å². The Hall–Kier alpha value is -3.00. The Balaban J connectivity index is 1.89. The summed E-state index contributed by atoms with van der Waals surface area (Å²) in [7, 11) is 3.18. The topological polar surface area (TPSA) is 87.4 Å². The van der Waals surface area contributed by atoms with Gasteiger partial charge in [-0.2, -0.15) is 0 Å². The molecule has 4 atom stereocenters. The molecule has 2 aliphatic rings. The first-order chi connectivity index (χ1) is 15.5. The van der Waals surface area contributed by atoms with Gasteiger partial charge in [-0.3, -0.25) is 14.5 Å². The monoisotopic (exact) mass is 443 g/mol. The van der Waals surface area contributed by atoms with E-state index in [2.05, 4.69) is 4.90 Å². The zero-order valence-corrected chi connectivity index (χ0v) is 18.8. The van der Waals surface area contributed by atoms with E-state index in [-0.39, 0.29) is 31.2 Å². The summed E-state index contributed by atoms with van der Waals surface area (Å²) in [6.07, 6.45) is 2.25. The van der Waals surface area contributed by atoms with Gasteiger partial charge in [0.1, 0.15) is 11.8 Å². The molecule has 1 aromatic carbocycles. The number of carbonyl (C=O) groups is 2. The molecule has 0 saturated carbocycles. The SMILES string of the molecule is CCOC(=O)[C@@H]1[C@@H](c2ccco2)[C@@H](C(=O)OCC)N2CCc3cc(OC)c(OC)cc3[C@@H]12. The number of nitrogens with zero attached hydrogens (tertiary/aromatic N) is 1. The van der Waals surface area contributed by atoms with Gasteiger partial charge in [0, 0.05) is 6.54 Å². The van der Waals surface area contributed by atoms with Crippen molar-refractivity contribution in [1.82, 2.24) is 4.90 Å². The maximum Gasteiger partial charge on any atom is 0.324 e. The first-order valence-corrected chi connectivity index (χ1v) is 10.9. The first kappa shape index (κ1) is 22.2. The quantitative estimate of drug-likeness (QED) is 0.604. The fourth-order valence-corrected chi connectivity index (χ4v) is 5.14. The highest BCUT2D eigenvalue weighted by molar-refractivity contribution is 5.83. The molecule has 1 saturated heterocycles. The molecule has 32 heavy (non-hydrogen) atoms. The van der Waals surface area contributed by atoms with Crippen molar-refractivity contribution in [2.75, 3.05) is 34.0 Å². The van der Waals surface area contributed by atoms with Gasteiger partial charge in [0.15, 0.2) is 11.5 Å². The van der Waals surface area contributed by atoms with Crippen molar-refractivity contribution < 1.29 is 33.0 Å². The maximum atomic E-state index is 13.3. The van der Waals surface area contributed by atoms with Gasteiger partial charge in [-0.1, -0.05) is 0 Å². The number of esters is 2. The van der Waals surface area contributed by atoms with Crippen LogP contribution in [-0.2, 0) is 25.5 Å². The molecule has 0 spiro atoms. The highest BCUT2D eigenvalue weighted by Crippen LogP contribution is 2.54. The minimum Gasteiger partial charge on any atom is -0.493 e. The Kier molecular flexibility index (Phi) is 6.41. The lowest BCUT2D eigenvalue weighted by Crippen LogP contribution is -2.44. The third-order valence-electron chi connectivity index (χ3n) is 6.34. The van der Waals surface area contributed by atoms with E-state index in [9.17, 15) is 9.59 Å². The Labute approximate surface area is 187 Å². The Morgan fingerprint density at radius 3 is 2.38 bits per heavy atom. The van der Waals surface area contributed by atoms with Crippen molar-refractivity contribution in [2.24, 2.45) is 5.92 Å². The number of ether oxygens (including phenoxy) is 4. The van der Waals surface area contributed by atoms with Crippen LogP contribution in [0.4, 0.5) is 0 Å². The predicted octanol–water partition coefficient (Wildman–Crippen LogP) is 3.10. The average molecular weight is 443 g/mol. The largest absolute Gasteiger partial charge is 0.493 e. The Morgan fingerprint density at radius 2 is 1.75 bits per heavy atom. The van der Waals surface area contributed by atoms with Gasteiger partial charge >= 0.3 is 11.9 Å². The number of methoxy groups -OCH3 is 2. The van der Waals surface area contributed by atoms with Crippen LogP contribution in [0, 0.1) is 5.92 Å². The van der Waals surface area contributed by atoms with Crippen LogP contribution < -0.4 is 9.47 Å². The standard InChI is InChI=1S/C24H29NO7/c1-5-30-23(26)20-19(16-8-7-11-32-16)22(24(27)31-6-2)25-10-9-14-12-17(28-3)18(29-4)13-15(14)21(20)25/h7-8,11-13,19-22H,5-6,9-10H2,1-4H3/t19-,20-,21+,22+/m1/s1. The van der Waals surface area contributed by atoms with E-state index in [0.29, 0.717) is 30.2 Å². The van der Waals surface area contributed by atoms with E-state index in [1.165, 1.54) is 0 Å². The maximum absolute atomic E-state index is 13.3.